The van der Waals surface area contributed by atoms with Gasteiger partial charge in [0.25, 0.3) is 0 Å². The largest absolute Gasteiger partial charge is 0.467 e. The van der Waals surface area contributed by atoms with Crippen LogP contribution in [0, 0.1) is 11.8 Å². The SMILES string of the molecule is c1ccc(CCN2C(c3ccccc3)=C(c3ccccc3)OC2[C@@H]2CCC[C@H]2Cc2ccccc2)cc1. The van der Waals surface area contributed by atoms with Crippen LogP contribution in [0.3, 0.4) is 0 Å². The molecule has 0 N–H and O–H groups in total. The third-order valence-corrected chi connectivity index (χ3v) is 8.04. The fraction of sp³-hybridized carbons (Fsp3) is 0.257. The van der Waals surface area contributed by atoms with E-state index in [1.165, 1.54) is 41.6 Å². The summed E-state index contributed by atoms with van der Waals surface area (Å²) in [5, 5.41) is 0. The van der Waals surface area contributed by atoms with Gasteiger partial charge in [0.2, 0.25) is 0 Å². The summed E-state index contributed by atoms with van der Waals surface area (Å²) in [5.41, 5.74) is 6.43. The second-order valence-corrected chi connectivity index (χ2v) is 10.4. The number of ether oxygens (including phenoxy) is 1. The lowest BCUT2D eigenvalue weighted by atomic mass is 9.87. The molecular formula is C35H35NO. The van der Waals surface area contributed by atoms with E-state index in [1.807, 2.05) is 0 Å². The Labute approximate surface area is 221 Å². The van der Waals surface area contributed by atoms with Gasteiger partial charge in [0.05, 0.1) is 5.70 Å². The van der Waals surface area contributed by atoms with E-state index in [4.69, 9.17) is 4.74 Å². The van der Waals surface area contributed by atoms with E-state index in [2.05, 4.69) is 126 Å². The van der Waals surface area contributed by atoms with Crippen molar-refractivity contribution in [3.63, 3.8) is 0 Å². The highest BCUT2D eigenvalue weighted by atomic mass is 16.5. The number of hydrogen-bond acceptors (Lipinski definition) is 2. The summed E-state index contributed by atoms with van der Waals surface area (Å²) >= 11 is 0. The molecule has 37 heavy (non-hydrogen) atoms. The van der Waals surface area contributed by atoms with Gasteiger partial charge < -0.3 is 9.64 Å². The molecule has 3 atom stereocenters. The van der Waals surface area contributed by atoms with E-state index < -0.39 is 0 Å². The lowest BCUT2D eigenvalue weighted by molar-refractivity contribution is 0.00483. The second-order valence-electron chi connectivity index (χ2n) is 10.4. The highest BCUT2D eigenvalue weighted by molar-refractivity contribution is 5.88. The predicted molar refractivity (Wildman–Crippen MR) is 152 cm³/mol. The van der Waals surface area contributed by atoms with Gasteiger partial charge in [-0.25, -0.2) is 0 Å². The molecule has 2 heteroatoms. The smallest absolute Gasteiger partial charge is 0.175 e. The zero-order valence-electron chi connectivity index (χ0n) is 21.4. The van der Waals surface area contributed by atoms with Gasteiger partial charge in [-0.15, -0.1) is 0 Å². The maximum absolute atomic E-state index is 7.07. The normalized spacial score (nSPS) is 21.3. The molecule has 4 aromatic carbocycles. The molecule has 1 aliphatic heterocycles. The molecule has 0 saturated heterocycles. The van der Waals surface area contributed by atoms with Crippen LogP contribution in [0.2, 0.25) is 0 Å². The number of hydrogen-bond donors (Lipinski definition) is 0. The first-order valence-corrected chi connectivity index (χ1v) is 13.7. The van der Waals surface area contributed by atoms with Gasteiger partial charge in [-0.2, -0.15) is 0 Å². The Morgan fingerprint density at radius 1 is 0.622 bits per heavy atom. The van der Waals surface area contributed by atoms with E-state index in [0.717, 1.165) is 30.7 Å². The highest BCUT2D eigenvalue weighted by Gasteiger charge is 2.44. The fourth-order valence-corrected chi connectivity index (χ4v) is 6.25. The topological polar surface area (TPSA) is 12.5 Å². The lowest BCUT2D eigenvalue weighted by Gasteiger charge is -2.34. The Balaban J connectivity index is 1.38. The van der Waals surface area contributed by atoms with Gasteiger partial charge in [-0.05, 0) is 42.7 Å². The van der Waals surface area contributed by atoms with Gasteiger partial charge in [0.1, 0.15) is 0 Å². The van der Waals surface area contributed by atoms with Crippen molar-refractivity contribution < 1.29 is 4.74 Å². The van der Waals surface area contributed by atoms with Crippen LogP contribution in [0.1, 0.15) is 41.5 Å². The first-order valence-electron chi connectivity index (χ1n) is 13.7. The Morgan fingerprint density at radius 2 is 1.19 bits per heavy atom. The molecule has 0 radical (unpaired) electrons. The average molecular weight is 486 g/mol. The van der Waals surface area contributed by atoms with Gasteiger partial charge >= 0.3 is 0 Å². The van der Waals surface area contributed by atoms with Crippen molar-refractivity contribution in [2.45, 2.75) is 38.3 Å². The van der Waals surface area contributed by atoms with E-state index >= 15 is 0 Å². The molecule has 2 nitrogen and oxygen atoms in total. The summed E-state index contributed by atoms with van der Waals surface area (Å²) in [5.74, 6) is 2.14. The Hall–Kier alpha value is -3.78. The molecule has 0 bridgehead atoms. The fourth-order valence-electron chi connectivity index (χ4n) is 6.25. The summed E-state index contributed by atoms with van der Waals surface area (Å²) in [6, 6.07) is 43.4. The van der Waals surface area contributed by atoms with Crippen LogP contribution < -0.4 is 0 Å². The summed E-state index contributed by atoms with van der Waals surface area (Å²) in [6.45, 7) is 0.934. The Bertz CT molecular complexity index is 1300. The van der Waals surface area contributed by atoms with E-state index in [1.54, 1.807) is 0 Å². The van der Waals surface area contributed by atoms with Crippen molar-refractivity contribution in [2.24, 2.45) is 11.8 Å². The van der Waals surface area contributed by atoms with Crippen LogP contribution in [0.25, 0.3) is 11.5 Å². The maximum Gasteiger partial charge on any atom is 0.175 e. The first kappa shape index (κ1) is 23.6. The van der Waals surface area contributed by atoms with Crippen LogP contribution in [-0.4, -0.2) is 17.7 Å². The standard InChI is InChI=1S/C35H35NO/c1-5-14-27(15-6-1)24-25-36-33(29-18-9-3-10-19-29)34(30-20-11-4-12-21-30)37-35(36)32-23-13-22-31(32)26-28-16-7-2-8-17-28/h1-12,14-21,31-32,35H,13,22-26H2/t31-,32+,35?/m0/s1. The third kappa shape index (κ3) is 5.20. The summed E-state index contributed by atoms with van der Waals surface area (Å²) in [4.78, 5) is 2.60. The van der Waals surface area contributed by atoms with E-state index in [0.29, 0.717) is 11.8 Å². The average Bonchev–Trinajstić information content (AvgIpc) is 3.58. The zero-order valence-corrected chi connectivity index (χ0v) is 21.4. The Morgan fingerprint density at radius 3 is 1.84 bits per heavy atom. The molecule has 1 fully saturated rings. The molecule has 0 aromatic heterocycles. The van der Waals surface area contributed by atoms with Crippen LogP contribution in [0.15, 0.2) is 121 Å². The molecule has 1 unspecified atom stereocenters. The molecule has 0 amide bonds. The van der Waals surface area contributed by atoms with Crippen LogP contribution in [-0.2, 0) is 17.6 Å². The molecule has 1 saturated carbocycles. The maximum atomic E-state index is 7.07. The van der Waals surface area contributed by atoms with E-state index in [-0.39, 0.29) is 6.23 Å². The Kier molecular flexibility index (Phi) is 7.07. The highest BCUT2D eigenvalue weighted by Crippen LogP contribution is 2.47. The molecular weight excluding hydrogens is 450 g/mol. The second kappa shape index (κ2) is 11.1. The molecule has 2 aliphatic rings. The molecule has 1 heterocycles. The summed E-state index contributed by atoms with van der Waals surface area (Å²) in [7, 11) is 0. The van der Waals surface area contributed by atoms with Crippen molar-refractivity contribution in [3.8, 4) is 0 Å². The lowest BCUT2D eigenvalue weighted by Crippen LogP contribution is -2.40. The van der Waals surface area contributed by atoms with Crippen molar-refractivity contribution in [2.75, 3.05) is 6.54 Å². The van der Waals surface area contributed by atoms with Crippen molar-refractivity contribution >= 4 is 11.5 Å². The molecule has 1 aliphatic carbocycles. The summed E-state index contributed by atoms with van der Waals surface area (Å²) in [6.07, 6.45) is 5.93. The number of rotatable bonds is 8. The third-order valence-electron chi connectivity index (χ3n) is 8.04. The van der Waals surface area contributed by atoms with Crippen molar-refractivity contribution in [3.05, 3.63) is 144 Å². The molecule has 4 aromatic rings. The van der Waals surface area contributed by atoms with Crippen LogP contribution >= 0.6 is 0 Å². The molecule has 186 valence electrons. The van der Waals surface area contributed by atoms with Gasteiger partial charge in [-0.1, -0.05) is 128 Å². The van der Waals surface area contributed by atoms with Gasteiger partial charge in [0.15, 0.2) is 12.0 Å². The minimum Gasteiger partial charge on any atom is -0.467 e. The van der Waals surface area contributed by atoms with Gasteiger partial charge in [-0.3, -0.25) is 0 Å². The van der Waals surface area contributed by atoms with Crippen molar-refractivity contribution in [1.29, 1.82) is 0 Å². The molecule has 6 rings (SSSR count). The quantitative estimate of drug-likeness (QED) is 0.250. The predicted octanol–water partition coefficient (Wildman–Crippen LogP) is 8.07. The van der Waals surface area contributed by atoms with Crippen LogP contribution in [0.4, 0.5) is 0 Å². The van der Waals surface area contributed by atoms with Crippen LogP contribution in [0.5, 0.6) is 0 Å². The number of nitrogens with zero attached hydrogens (tertiary/aromatic N) is 1. The zero-order chi connectivity index (χ0) is 24.9. The minimum atomic E-state index is 0.0466. The monoisotopic (exact) mass is 485 g/mol. The van der Waals surface area contributed by atoms with E-state index in [9.17, 15) is 0 Å². The minimum absolute atomic E-state index is 0.0466. The molecule has 0 spiro atoms. The first-order chi connectivity index (χ1) is 18.4. The summed E-state index contributed by atoms with van der Waals surface area (Å²) < 4.78 is 7.07. The van der Waals surface area contributed by atoms with Gasteiger partial charge in [0, 0.05) is 23.6 Å². The number of benzene rings is 4. The van der Waals surface area contributed by atoms with Crippen molar-refractivity contribution in [1.82, 2.24) is 4.90 Å².